The molecule has 20 heavy (non-hydrogen) atoms. The summed E-state index contributed by atoms with van der Waals surface area (Å²) in [6.45, 7) is 0. The van der Waals surface area contributed by atoms with Crippen molar-refractivity contribution in [2.75, 3.05) is 0 Å². The molecule has 1 saturated carbocycles. The first kappa shape index (κ1) is 15.3. The quantitative estimate of drug-likeness (QED) is 0.558. The first-order valence-electron chi connectivity index (χ1n) is 5.66. The minimum absolute atomic E-state index is 0.0674. The van der Waals surface area contributed by atoms with Gasteiger partial charge in [0.15, 0.2) is 0 Å². The molecule has 1 aromatic carbocycles. The second-order valence-electron chi connectivity index (χ2n) is 4.55. The Kier molecular flexibility index (Phi) is 3.83. The van der Waals surface area contributed by atoms with Gasteiger partial charge < -0.3 is 4.74 Å². The van der Waals surface area contributed by atoms with E-state index in [0.29, 0.717) is 25.0 Å². The van der Waals surface area contributed by atoms with Crippen LogP contribution in [0.2, 0.25) is 0 Å². The van der Waals surface area contributed by atoms with E-state index < -0.39 is 35.3 Å². The number of ether oxygens (including phenoxy) is 1. The van der Waals surface area contributed by atoms with Crippen molar-refractivity contribution in [3.8, 4) is 5.75 Å². The third kappa shape index (κ3) is 3.50. The molecule has 0 saturated heterocycles. The summed E-state index contributed by atoms with van der Waals surface area (Å²) in [4.78, 5) is 0. The molecule has 0 heterocycles. The summed E-state index contributed by atoms with van der Waals surface area (Å²) in [5.41, 5.74) is -2.77. The number of halogens is 7. The van der Waals surface area contributed by atoms with Crippen LogP contribution >= 0.6 is 11.6 Å². The van der Waals surface area contributed by atoms with Crippen LogP contribution < -0.4 is 4.74 Å². The highest BCUT2D eigenvalue weighted by molar-refractivity contribution is 6.21. The van der Waals surface area contributed by atoms with Crippen LogP contribution in [0.5, 0.6) is 5.75 Å². The zero-order valence-corrected chi connectivity index (χ0v) is 10.6. The van der Waals surface area contributed by atoms with Crippen LogP contribution in [-0.2, 0) is 12.4 Å². The highest BCUT2D eigenvalue weighted by Gasteiger charge is 2.38. The van der Waals surface area contributed by atoms with E-state index in [1.807, 2.05) is 0 Å². The van der Waals surface area contributed by atoms with Crippen LogP contribution in [0, 0.1) is 0 Å². The largest absolute Gasteiger partial charge is 0.490 e. The average molecular weight is 319 g/mol. The molecule has 112 valence electrons. The Bertz CT molecular complexity index is 457. The molecule has 0 unspecified atom stereocenters. The minimum atomic E-state index is -4.87. The molecule has 1 fully saturated rings. The van der Waals surface area contributed by atoms with Gasteiger partial charge in [0.2, 0.25) is 0 Å². The summed E-state index contributed by atoms with van der Waals surface area (Å²) >= 11 is 5.68. The molecule has 0 N–H and O–H groups in total. The molecule has 0 aliphatic heterocycles. The molecule has 8 heteroatoms. The molecule has 0 bridgehead atoms. The molecule has 0 aromatic heterocycles. The lowest BCUT2D eigenvalue weighted by atomic mass is 9.95. The fourth-order valence-corrected chi connectivity index (χ4v) is 2.18. The molecule has 1 nitrogen and oxygen atoms in total. The van der Waals surface area contributed by atoms with E-state index in [9.17, 15) is 26.3 Å². The molecule has 0 atom stereocenters. The van der Waals surface area contributed by atoms with Crippen molar-refractivity contribution in [3.63, 3.8) is 0 Å². The van der Waals surface area contributed by atoms with E-state index in [1.54, 1.807) is 0 Å². The van der Waals surface area contributed by atoms with E-state index in [1.165, 1.54) is 0 Å². The van der Waals surface area contributed by atoms with Gasteiger partial charge in [-0.05, 0) is 18.2 Å². The van der Waals surface area contributed by atoms with Gasteiger partial charge in [-0.2, -0.15) is 26.3 Å². The maximum absolute atomic E-state index is 12.6. The van der Waals surface area contributed by atoms with Gasteiger partial charge in [-0.25, -0.2) is 0 Å². The third-order valence-electron chi connectivity index (χ3n) is 2.90. The van der Waals surface area contributed by atoms with Crippen LogP contribution in [-0.4, -0.2) is 11.5 Å². The normalized spacial score (nSPS) is 23.4. The maximum atomic E-state index is 12.6. The van der Waals surface area contributed by atoms with Crippen molar-refractivity contribution in [2.24, 2.45) is 0 Å². The highest BCUT2D eigenvalue weighted by atomic mass is 35.5. The predicted molar refractivity (Wildman–Crippen MR) is 59.7 cm³/mol. The van der Waals surface area contributed by atoms with Crippen molar-refractivity contribution in [1.29, 1.82) is 0 Å². The van der Waals surface area contributed by atoms with Gasteiger partial charge in [-0.3, -0.25) is 0 Å². The Morgan fingerprint density at radius 3 is 1.70 bits per heavy atom. The summed E-state index contributed by atoms with van der Waals surface area (Å²) in [5, 5.41) is -0.145. The van der Waals surface area contributed by atoms with Crippen LogP contribution in [0.15, 0.2) is 18.2 Å². The van der Waals surface area contributed by atoms with Gasteiger partial charge in [0, 0.05) is 18.2 Å². The first-order valence-corrected chi connectivity index (χ1v) is 6.09. The molecule has 0 amide bonds. The molecule has 0 spiro atoms. The van der Waals surface area contributed by atoms with Gasteiger partial charge >= 0.3 is 12.4 Å². The van der Waals surface area contributed by atoms with Crippen LogP contribution in [0.3, 0.4) is 0 Å². The second-order valence-corrected chi connectivity index (χ2v) is 5.17. The fourth-order valence-electron chi connectivity index (χ4n) is 1.78. The fraction of sp³-hybridized carbons (Fsp3) is 0.500. The second kappa shape index (κ2) is 5.02. The van der Waals surface area contributed by atoms with Gasteiger partial charge in [0.1, 0.15) is 11.9 Å². The van der Waals surface area contributed by atoms with Crippen molar-refractivity contribution in [1.82, 2.24) is 0 Å². The molecule has 2 rings (SSSR count). The molecule has 0 radical (unpaired) electrons. The Labute approximate surface area is 115 Å². The van der Waals surface area contributed by atoms with Crippen LogP contribution in [0.4, 0.5) is 26.3 Å². The van der Waals surface area contributed by atoms with Gasteiger partial charge in [0.05, 0.1) is 11.1 Å². The molecule has 1 aliphatic carbocycles. The smallest absolute Gasteiger partial charge is 0.416 e. The Balaban J connectivity index is 2.31. The van der Waals surface area contributed by atoms with Crippen LogP contribution in [0.1, 0.15) is 24.0 Å². The summed E-state index contributed by atoms with van der Waals surface area (Å²) < 4.78 is 80.6. The third-order valence-corrected chi connectivity index (χ3v) is 3.26. The molecular formula is C12H9ClF6O. The number of hydrogen-bond acceptors (Lipinski definition) is 1. The number of alkyl halides is 7. The lowest BCUT2D eigenvalue weighted by Crippen LogP contribution is -2.34. The topological polar surface area (TPSA) is 9.23 Å². The number of hydrogen-bond donors (Lipinski definition) is 0. The van der Waals surface area contributed by atoms with Crippen molar-refractivity contribution in [3.05, 3.63) is 29.3 Å². The zero-order valence-electron chi connectivity index (χ0n) is 9.85. The van der Waals surface area contributed by atoms with Crippen LogP contribution in [0.25, 0.3) is 0 Å². The van der Waals surface area contributed by atoms with E-state index in [2.05, 4.69) is 0 Å². The predicted octanol–water partition coefficient (Wildman–Crippen LogP) is 4.87. The lowest BCUT2D eigenvalue weighted by molar-refractivity contribution is -0.143. The summed E-state index contributed by atoms with van der Waals surface area (Å²) in [7, 11) is 0. The van der Waals surface area contributed by atoms with Crippen molar-refractivity contribution in [2.45, 2.75) is 36.7 Å². The Hall–Kier alpha value is -1.11. The van der Waals surface area contributed by atoms with Gasteiger partial charge in [-0.1, -0.05) is 0 Å². The molecule has 1 aliphatic rings. The summed E-state index contributed by atoms with van der Waals surface area (Å²) in [6, 6.07) is 1.20. The standard InChI is InChI=1S/C12H9ClF6O/c13-8-4-10(5-8)20-9-2-6(11(14,15)16)1-7(3-9)12(17,18)19/h1-3,8,10H,4-5H2. The Morgan fingerprint density at radius 1 is 0.900 bits per heavy atom. The number of benzene rings is 1. The maximum Gasteiger partial charge on any atom is 0.416 e. The van der Waals surface area contributed by atoms with E-state index >= 15 is 0 Å². The van der Waals surface area contributed by atoms with Gasteiger partial charge in [0.25, 0.3) is 0 Å². The highest BCUT2D eigenvalue weighted by Crippen LogP contribution is 2.39. The van der Waals surface area contributed by atoms with E-state index in [0.717, 1.165) is 0 Å². The summed E-state index contributed by atoms with van der Waals surface area (Å²) in [5.74, 6) is -0.444. The first-order chi connectivity index (χ1) is 9.05. The molecule has 1 aromatic rings. The average Bonchev–Trinajstić information content (AvgIpc) is 2.24. The minimum Gasteiger partial charge on any atom is -0.490 e. The lowest BCUT2D eigenvalue weighted by Gasteiger charge is -2.31. The van der Waals surface area contributed by atoms with E-state index in [4.69, 9.17) is 16.3 Å². The molecular weight excluding hydrogens is 310 g/mol. The SMILES string of the molecule is FC(F)(F)c1cc(OC2CC(Cl)C2)cc(C(F)(F)F)c1. The number of rotatable bonds is 2. The summed E-state index contributed by atoms with van der Waals surface area (Å²) in [6.07, 6.45) is -9.37. The monoisotopic (exact) mass is 318 g/mol. The Morgan fingerprint density at radius 2 is 1.35 bits per heavy atom. The van der Waals surface area contributed by atoms with Crippen molar-refractivity contribution >= 4 is 11.6 Å². The van der Waals surface area contributed by atoms with E-state index in [-0.39, 0.29) is 11.4 Å². The zero-order chi connectivity index (χ0) is 15.1. The van der Waals surface area contributed by atoms with Gasteiger partial charge in [-0.15, -0.1) is 11.6 Å². The van der Waals surface area contributed by atoms with Crippen molar-refractivity contribution < 1.29 is 31.1 Å².